The predicted octanol–water partition coefficient (Wildman–Crippen LogP) is 1.39. The Kier molecular flexibility index (Phi) is 5.38. The number of anilines is 1. The molecule has 1 aliphatic rings. The highest BCUT2D eigenvalue weighted by atomic mass is 16.7. The van der Waals surface area contributed by atoms with Crippen LogP contribution in [0.15, 0.2) is 30.3 Å². The molecular weight excluding hydrogens is 256 g/mol. The molecule has 1 aliphatic heterocycles. The number of amides is 1. The van der Waals surface area contributed by atoms with Crippen LogP contribution in [0.3, 0.4) is 0 Å². The fourth-order valence-electron chi connectivity index (χ4n) is 2.06. The van der Waals surface area contributed by atoms with E-state index < -0.39 is 0 Å². The average molecular weight is 278 g/mol. The molecule has 0 radical (unpaired) electrons. The third-order valence-corrected chi connectivity index (χ3v) is 3.46. The minimum Gasteiger partial charge on any atom is -0.370 e. The van der Waals surface area contributed by atoms with E-state index in [1.165, 1.54) is 0 Å². The zero-order valence-electron chi connectivity index (χ0n) is 12.0. The van der Waals surface area contributed by atoms with Gasteiger partial charge in [0.15, 0.2) is 6.29 Å². The van der Waals surface area contributed by atoms with Gasteiger partial charge in [0.25, 0.3) is 0 Å². The molecule has 5 heteroatoms. The lowest BCUT2D eigenvalue weighted by atomic mass is 10.2. The van der Waals surface area contributed by atoms with Crippen LogP contribution in [-0.2, 0) is 14.3 Å². The van der Waals surface area contributed by atoms with Crippen molar-refractivity contribution in [2.75, 3.05) is 31.7 Å². The number of likely N-dealkylation sites (N-methyl/N-ethyl adjacent to an activating group) is 1. The smallest absolute Gasteiger partial charge is 0.225 e. The first kappa shape index (κ1) is 14.8. The van der Waals surface area contributed by atoms with Crippen molar-refractivity contribution in [3.05, 3.63) is 30.3 Å². The van der Waals surface area contributed by atoms with Crippen molar-refractivity contribution in [1.29, 1.82) is 0 Å². The van der Waals surface area contributed by atoms with Gasteiger partial charge in [-0.1, -0.05) is 18.2 Å². The Morgan fingerprint density at radius 3 is 2.65 bits per heavy atom. The van der Waals surface area contributed by atoms with E-state index in [1.807, 2.05) is 25.2 Å². The van der Waals surface area contributed by atoms with Crippen LogP contribution in [0.2, 0.25) is 0 Å². The normalized spacial score (nSPS) is 16.9. The van der Waals surface area contributed by atoms with Gasteiger partial charge in [-0.05, 0) is 19.1 Å². The van der Waals surface area contributed by atoms with Gasteiger partial charge in [0.1, 0.15) is 0 Å². The van der Waals surface area contributed by atoms with E-state index in [4.69, 9.17) is 9.47 Å². The van der Waals surface area contributed by atoms with Crippen molar-refractivity contribution in [2.45, 2.75) is 25.7 Å². The van der Waals surface area contributed by atoms with Crippen LogP contribution in [0.4, 0.5) is 5.69 Å². The number of carbonyl (C=O) groups excluding carboxylic acids is 1. The highest BCUT2D eigenvalue weighted by Crippen LogP contribution is 2.13. The lowest BCUT2D eigenvalue weighted by Gasteiger charge is -2.27. The molecule has 1 atom stereocenters. The number of hydrogen-bond donors (Lipinski definition) is 1. The lowest BCUT2D eigenvalue weighted by molar-refractivity contribution is -0.129. The van der Waals surface area contributed by atoms with Gasteiger partial charge in [-0.2, -0.15) is 0 Å². The van der Waals surface area contributed by atoms with Crippen molar-refractivity contribution >= 4 is 11.6 Å². The van der Waals surface area contributed by atoms with Gasteiger partial charge in [-0.25, -0.2) is 0 Å². The third kappa shape index (κ3) is 4.21. The molecule has 1 fully saturated rings. The Morgan fingerprint density at radius 2 is 2.00 bits per heavy atom. The summed E-state index contributed by atoms with van der Waals surface area (Å²) in [5.74, 6) is -0.0368. The summed E-state index contributed by atoms with van der Waals surface area (Å²) >= 11 is 0. The summed E-state index contributed by atoms with van der Waals surface area (Å²) in [6, 6.07) is 10.3. The number of benzene rings is 1. The van der Waals surface area contributed by atoms with E-state index in [-0.39, 0.29) is 24.7 Å². The second-order valence-corrected chi connectivity index (χ2v) is 4.97. The maximum absolute atomic E-state index is 11.8. The number of rotatable bonds is 6. The molecule has 20 heavy (non-hydrogen) atoms. The summed E-state index contributed by atoms with van der Waals surface area (Å²) in [4.78, 5) is 13.9. The molecule has 1 amide bonds. The molecule has 1 saturated heterocycles. The van der Waals surface area contributed by atoms with Gasteiger partial charge >= 0.3 is 0 Å². The Morgan fingerprint density at radius 1 is 1.35 bits per heavy atom. The monoisotopic (exact) mass is 278 g/mol. The molecule has 0 spiro atoms. The van der Waals surface area contributed by atoms with Crippen molar-refractivity contribution in [3.8, 4) is 0 Å². The fraction of sp³-hybridized carbons (Fsp3) is 0.533. The quantitative estimate of drug-likeness (QED) is 0.854. The van der Waals surface area contributed by atoms with Crippen molar-refractivity contribution in [1.82, 2.24) is 5.32 Å². The summed E-state index contributed by atoms with van der Waals surface area (Å²) in [6.07, 6.45) is -0.112. The topological polar surface area (TPSA) is 50.8 Å². The number of para-hydroxylation sites is 1. The zero-order chi connectivity index (χ0) is 14.4. The number of carbonyl (C=O) groups is 1. The molecule has 0 unspecified atom stereocenters. The van der Waals surface area contributed by atoms with Crippen LogP contribution in [0.5, 0.6) is 0 Å². The van der Waals surface area contributed by atoms with E-state index in [2.05, 4.69) is 29.3 Å². The fourth-order valence-corrected chi connectivity index (χ4v) is 2.06. The van der Waals surface area contributed by atoms with Crippen LogP contribution in [-0.4, -0.2) is 45.0 Å². The first-order valence-corrected chi connectivity index (χ1v) is 6.94. The number of hydrogen-bond acceptors (Lipinski definition) is 4. The summed E-state index contributed by atoms with van der Waals surface area (Å²) < 4.78 is 10.5. The van der Waals surface area contributed by atoms with Gasteiger partial charge < -0.3 is 19.7 Å². The Balaban J connectivity index is 1.73. The Bertz CT molecular complexity index is 418. The van der Waals surface area contributed by atoms with Crippen molar-refractivity contribution in [2.24, 2.45) is 0 Å². The van der Waals surface area contributed by atoms with Gasteiger partial charge in [0, 0.05) is 25.3 Å². The minimum atomic E-state index is -0.378. The first-order valence-electron chi connectivity index (χ1n) is 6.94. The molecule has 0 aromatic heterocycles. The predicted molar refractivity (Wildman–Crippen MR) is 77.6 cm³/mol. The maximum atomic E-state index is 11.8. The van der Waals surface area contributed by atoms with Crippen LogP contribution in [0, 0.1) is 0 Å². The standard InChI is InChI=1S/C15H22N2O3/c1-12(17(2)13-6-4-3-5-7-13)11-16-14(18)10-15-19-8-9-20-15/h3-7,12,15H,8-11H2,1-2H3,(H,16,18)/t12-/m1/s1. The van der Waals surface area contributed by atoms with E-state index in [0.717, 1.165) is 5.69 Å². The molecule has 0 saturated carbocycles. The molecule has 0 bridgehead atoms. The molecule has 110 valence electrons. The molecule has 1 N–H and O–H groups in total. The molecule has 1 aromatic carbocycles. The van der Waals surface area contributed by atoms with E-state index in [9.17, 15) is 4.79 Å². The minimum absolute atomic E-state index is 0.0368. The molecule has 1 aromatic rings. The molecule has 5 nitrogen and oxygen atoms in total. The maximum Gasteiger partial charge on any atom is 0.225 e. The number of nitrogens with zero attached hydrogens (tertiary/aromatic N) is 1. The van der Waals surface area contributed by atoms with Crippen molar-refractivity contribution < 1.29 is 14.3 Å². The summed E-state index contributed by atoms with van der Waals surface area (Å²) in [6.45, 7) is 3.82. The van der Waals surface area contributed by atoms with E-state index in [1.54, 1.807) is 0 Å². The Labute approximate surface area is 119 Å². The highest BCUT2D eigenvalue weighted by molar-refractivity contribution is 5.76. The molecule has 2 rings (SSSR count). The Hall–Kier alpha value is -1.59. The zero-order valence-corrected chi connectivity index (χ0v) is 12.0. The largest absolute Gasteiger partial charge is 0.370 e. The molecular formula is C15H22N2O3. The average Bonchev–Trinajstić information content (AvgIpc) is 2.97. The van der Waals surface area contributed by atoms with E-state index >= 15 is 0 Å². The molecule has 0 aliphatic carbocycles. The number of nitrogens with one attached hydrogen (secondary N) is 1. The third-order valence-electron chi connectivity index (χ3n) is 3.46. The van der Waals surface area contributed by atoms with Crippen LogP contribution < -0.4 is 10.2 Å². The van der Waals surface area contributed by atoms with Crippen LogP contribution in [0.1, 0.15) is 13.3 Å². The van der Waals surface area contributed by atoms with Crippen molar-refractivity contribution in [3.63, 3.8) is 0 Å². The van der Waals surface area contributed by atoms with E-state index in [0.29, 0.717) is 19.8 Å². The summed E-state index contributed by atoms with van der Waals surface area (Å²) in [7, 11) is 2.02. The first-order chi connectivity index (χ1) is 9.66. The van der Waals surface area contributed by atoms with Gasteiger partial charge in [-0.15, -0.1) is 0 Å². The second kappa shape index (κ2) is 7.26. The van der Waals surface area contributed by atoms with Gasteiger partial charge in [0.05, 0.1) is 19.6 Å². The van der Waals surface area contributed by atoms with Gasteiger partial charge in [-0.3, -0.25) is 4.79 Å². The van der Waals surface area contributed by atoms with Gasteiger partial charge in [0.2, 0.25) is 5.91 Å². The summed E-state index contributed by atoms with van der Waals surface area (Å²) in [5, 5.41) is 2.92. The molecule has 1 heterocycles. The number of ether oxygens (including phenoxy) is 2. The summed E-state index contributed by atoms with van der Waals surface area (Å²) in [5.41, 5.74) is 1.14. The van der Waals surface area contributed by atoms with Crippen LogP contribution in [0.25, 0.3) is 0 Å². The SMILES string of the molecule is C[C@H](CNC(=O)CC1OCCO1)N(C)c1ccccc1. The van der Waals surface area contributed by atoms with Crippen LogP contribution >= 0.6 is 0 Å². The lowest BCUT2D eigenvalue weighted by Crippen LogP contribution is -2.41. The second-order valence-electron chi connectivity index (χ2n) is 4.97. The highest BCUT2D eigenvalue weighted by Gasteiger charge is 2.20.